The average molecular weight is 278 g/mol. The molecule has 3 rings (SSSR count). The molecule has 2 nitrogen and oxygen atoms in total. The summed E-state index contributed by atoms with van der Waals surface area (Å²) in [6.45, 7) is 5.11. The Morgan fingerprint density at radius 2 is 1.71 bits per heavy atom. The van der Waals surface area contributed by atoms with Gasteiger partial charge >= 0.3 is 0 Å². The lowest BCUT2D eigenvalue weighted by molar-refractivity contribution is 0.633. The summed E-state index contributed by atoms with van der Waals surface area (Å²) in [5, 5.41) is 4.78. The van der Waals surface area contributed by atoms with E-state index in [2.05, 4.69) is 77.5 Å². The molecule has 0 atom stereocenters. The summed E-state index contributed by atoms with van der Waals surface area (Å²) >= 11 is 0. The number of nitrogens with one attached hydrogen (secondary N) is 1. The van der Waals surface area contributed by atoms with Crippen molar-refractivity contribution in [2.75, 3.05) is 6.54 Å². The molecule has 2 heteroatoms. The second-order valence-corrected chi connectivity index (χ2v) is 5.36. The van der Waals surface area contributed by atoms with Crippen LogP contribution >= 0.6 is 0 Å². The van der Waals surface area contributed by atoms with Crippen molar-refractivity contribution in [3.05, 3.63) is 71.9 Å². The Kier molecular flexibility index (Phi) is 4.37. The maximum atomic E-state index is 3.44. The number of rotatable bonds is 6. The van der Waals surface area contributed by atoms with Crippen molar-refractivity contribution in [2.24, 2.45) is 0 Å². The van der Waals surface area contributed by atoms with E-state index in [-0.39, 0.29) is 0 Å². The summed E-state index contributed by atoms with van der Waals surface area (Å²) in [5.74, 6) is 0. The first kappa shape index (κ1) is 13.9. The molecule has 0 aliphatic carbocycles. The molecule has 3 aromatic rings. The average Bonchev–Trinajstić information content (AvgIpc) is 2.89. The van der Waals surface area contributed by atoms with E-state index in [1.807, 2.05) is 0 Å². The zero-order valence-corrected chi connectivity index (χ0v) is 12.5. The summed E-state index contributed by atoms with van der Waals surface area (Å²) in [4.78, 5) is 0. The Labute approximate surface area is 126 Å². The Balaban J connectivity index is 1.87. The first-order valence-electron chi connectivity index (χ1n) is 7.70. The molecule has 0 aliphatic heterocycles. The minimum absolute atomic E-state index is 0.931. The third-order valence-electron chi connectivity index (χ3n) is 3.92. The minimum atomic E-state index is 0.931. The van der Waals surface area contributed by atoms with Crippen molar-refractivity contribution in [3.63, 3.8) is 0 Å². The van der Waals surface area contributed by atoms with Gasteiger partial charge in [0.25, 0.3) is 0 Å². The zero-order chi connectivity index (χ0) is 14.5. The lowest BCUT2D eigenvalue weighted by atomic mass is 10.1. The lowest BCUT2D eigenvalue weighted by Crippen LogP contribution is -2.16. The fourth-order valence-electron chi connectivity index (χ4n) is 2.82. The molecule has 0 saturated carbocycles. The molecule has 21 heavy (non-hydrogen) atoms. The molecule has 108 valence electrons. The Morgan fingerprint density at radius 3 is 2.52 bits per heavy atom. The van der Waals surface area contributed by atoms with E-state index in [9.17, 15) is 0 Å². The van der Waals surface area contributed by atoms with Crippen molar-refractivity contribution in [1.29, 1.82) is 0 Å². The van der Waals surface area contributed by atoms with Crippen molar-refractivity contribution in [2.45, 2.75) is 26.4 Å². The summed E-state index contributed by atoms with van der Waals surface area (Å²) in [7, 11) is 0. The number of benzene rings is 2. The van der Waals surface area contributed by atoms with Gasteiger partial charge in [0.2, 0.25) is 0 Å². The second-order valence-electron chi connectivity index (χ2n) is 5.36. The van der Waals surface area contributed by atoms with Crippen molar-refractivity contribution >= 4 is 10.9 Å². The van der Waals surface area contributed by atoms with Gasteiger partial charge in [-0.3, -0.25) is 0 Å². The van der Waals surface area contributed by atoms with Gasteiger partial charge in [-0.1, -0.05) is 55.5 Å². The molecule has 2 aromatic carbocycles. The number of fused-ring (bicyclic) bond motifs is 1. The van der Waals surface area contributed by atoms with Crippen LogP contribution in [0.15, 0.2) is 60.7 Å². The van der Waals surface area contributed by atoms with E-state index in [1.165, 1.54) is 22.2 Å². The molecule has 0 unspecified atom stereocenters. The van der Waals surface area contributed by atoms with Gasteiger partial charge < -0.3 is 9.88 Å². The summed E-state index contributed by atoms with van der Waals surface area (Å²) in [6.07, 6.45) is 1.07. The van der Waals surface area contributed by atoms with Crippen LogP contribution in [0.25, 0.3) is 10.9 Å². The molecular formula is C19H22N2. The van der Waals surface area contributed by atoms with Gasteiger partial charge in [0.05, 0.1) is 0 Å². The quantitative estimate of drug-likeness (QED) is 0.721. The summed E-state index contributed by atoms with van der Waals surface area (Å²) < 4.78 is 2.45. The summed E-state index contributed by atoms with van der Waals surface area (Å²) in [5.41, 5.74) is 4.10. The number of nitrogens with zero attached hydrogens (tertiary/aromatic N) is 1. The monoisotopic (exact) mass is 278 g/mol. The lowest BCUT2D eigenvalue weighted by Gasteiger charge is -2.11. The van der Waals surface area contributed by atoms with Crippen LogP contribution in [0.5, 0.6) is 0 Å². The molecule has 1 aromatic heterocycles. The van der Waals surface area contributed by atoms with Gasteiger partial charge in [0.1, 0.15) is 0 Å². The maximum absolute atomic E-state index is 3.44. The van der Waals surface area contributed by atoms with Crippen LogP contribution in [-0.2, 0) is 19.5 Å². The number of aromatic nitrogens is 1. The number of hydrogen-bond acceptors (Lipinski definition) is 1. The molecule has 1 N–H and O–H groups in total. The van der Waals surface area contributed by atoms with E-state index >= 15 is 0 Å². The summed E-state index contributed by atoms with van der Waals surface area (Å²) in [6, 6.07) is 21.7. The Bertz CT molecular complexity index is 698. The smallest absolute Gasteiger partial charge is 0.0483 e. The fourth-order valence-corrected chi connectivity index (χ4v) is 2.82. The Morgan fingerprint density at radius 1 is 0.952 bits per heavy atom. The third kappa shape index (κ3) is 3.17. The van der Waals surface area contributed by atoms with E-state index in [4.69, 9.17) is 0 Å². The van der Waals surface area contributed by atoms with E-state index in [0.717, 1.165) is 26.1 Å². The highest BCUT2D eigenvalue weighted by Gasteiger charge is 2.07. The molecule has 0 saturated heterocycles. The second kappa shape index (κ2) is 6.59. The van der Waals surface area contributed by atoms with Crippen molar-refractivity contribution < 1.29 is 0 Å². The van der Waals surface area contributed by atoms with Crippen LogP contribution in [0.3, 0.4) is 0 Å². The van der Waals surface area contributed by atoms with E-state index in [0.29, 0.717) is 0 Å². The van der Waals surface area contributed by atoms with Crippen LogP contribution in [0.4, 0.5) is 0 Å². The molecule has 1 heterocycles. The van der Waals surface area contributed by atoms with Crippen LogP contribution in [0, 0.1) is 0 Å². The van der Waals surface area contributed by atoms with Crippen LogP contribution in [-0.4, -0.2) is 11.1 Å². The van der Waals surface area contributed by atoms with Gasteiger partial charge in [0, 0.05) is 24.3 Å². The molecule has 0 bridgehead atoms. The highest BCUT2D eigenvalue weighted by molar-refractivity contribution is 5.81. The maximum Gasteiger partial charge on any atom is 0.0483 e. The standard InChI is InChI=1S/C19H22N2/c1-2-20-15-18-14-17-10-6-7-11-19(17)21(18)13-12-16-8-4-3-5-9-16/h3-11,14,20H,2,12-13,15H2,1H3. The highest BCUT2D eigenvalue weighted by atomic mass is 15.0. The van der Waals surface area contributed by atoms with Crippen molar-refractivity contribution in [3.8, 4) is 0 Å². The SMILES string of the molecule is CCNCc1cc2ccccc2n1CCc1ccccc1. The first-order valence-corrected chi connectivity index (χ1v) is 7.70. The number of hydrogen-bond donors (Lipinski definition) is 1. The van der Waals surface area contributed by atoms with Crippen molar-refractivity contribution in [1.82, 2.24) is 9.88 Å². The molecule has 0 fully saturated rings. The van der Waals surface area contributed by atoms with Crippen LogP contribution in [0.2, 0.25) is 0 Å². The normalized spacial score (nSPS) is 11.1. The van der Waals surface area contributed by atoms with Gasteiger partial charge in [-0.15, -0.1) is 0 Å². The number of para-hydroxylation sites is 1. The van der Waals surface area contributed by atoms with E-state index in [1.54, 1.807) is 0 Å². The molecule has 0 spiro atoms. The van der Waals surface area contributed by atoms with Crippen LogP contribution in [0.1, 0.15) is 18.2 Å². The van der Waals surface area contributed by atoms with Gasteiger partial charge in [-0.25, -0.2) is 0 Å². The molecule has 0 amide bonds. The minimum Gasteiger partial charge on any atom is -0.343 e. The van der Waals surface area contributed by atoms with Crippen LogP contribution < -0.4 is 5.32 Å². The van der Waals surface area contributed by atoms with Gasteiger partial charge in [-0.2, -0.15) is 0 Å². The predicted molar refractivity (Wildman–Crippen MR) is 89.5 cm³/mol. The van der Waals surface area contributed by atoms with Gasteiger partial charge in [-0.05, 0) is 36.0 Å². The largest absolute Gasteiger partial charge is 0.343 e. The Hall–Kier alpha value is -2.06. The molecule has 0 aliphatic rings. The van der Waals surface area contributed by atoms with E-state index < -0.39 is 0 Å². The molecule has 0 radical (unpaired) electrons. The predicted octanol–water partition coefficient (Wildman–Crippen LogP) is 3.99. The first-order chi connectivity index (χ1) is 10.4. The number of aryl methyl sites for hydroxylation is 2. The highest BCUT2D eigenvalue weighted by Crippen LogP contribution is 2.20. The van der Waals surface area contributed by atoms with Gasteiger partial charge in [0.15, 0.2) is 0 Å². The fraction of sp³-hybridized carbons (Fsp3) is 0.263. The zero-order valence-electron chi connectivity index (χ0n) is 12.5. The molecular weight excluding hydrogens is 256 g/mol. The topological polar surface area (TPSA) is 17.0 Å². The third-order valence-corrected chi connectivity index (χ3v) is 3.92.